The van der Waals surface area contributed by atoms with E-state index in [-0.39, 0.29) is 11.6 Å². The third-order valence-electron chi connectivity index (χ3n) is 6.72. The summed E-state index contributed by atoms with van der Waals surface area (Å²) in [7, 11) is 0. The van der Waals surface area contributed by atoms with Gasteiger partial charge in [-0.1, -0.05) is 12.1 Å². The van der Waals surface area contributed by atoms with Crippen LogP contribution >= 0.6 is 0 Å². The highest BCUT2D eigenvalue weighted by atomic mass is 19.4. The Hall–Kier alpha value is -3.14. The van der Waals surface area contributed by atoms with Crippen LogP contribution in [0.3, 0.4) is 0 Å². The molecule has 1 amide bonds. The first-order valence-electron chi connectivity index (χ1n) is 11.6. The summed E-state index contributed by atoms with van der Waals surface area (Å²) >= 11 is 0. The molecule has 2 atom stereocenters. The Kier molecular flexibility index (Phi) is 5.71. The smallest absolute Gasteiger partial charge is 0.355 e. The molecule has 0 spiro atoms. The highest BCUT2D eigenvalue weighted by Gasteiger charge is 2.38. The van der Waals surface area contributed by atoms with Gasteiger partial charge in [-0.05, 0) is 44.7 Å². The fourth-order valence-corrected chi connectivity index (χ4v) is 5.04. The second-order valence-electron chi connectivity index (χ2n) is 9.17. The standard InChI is InChI=1S/C24H27F3N6O/c1-15-13-33-21(29-22(15)31-11-9-16(28)14-31)12-19(30-33)20-8-4-5-10-32(20)23(34)17-6-2-3-7-18(17)24(25,26)27/h2-3,6-7,12-13,16,20H,4-5,8-11,14,28H2,1H3. The van der Waals surface area contributed by atoms with E-state index in [9.17, 15) is 18.0 Å². The molecule has 4 heterocycles. The molecule has 2 N–H and O–H groups in total. The van der Waals surface area contributed by atoms with Gasteiger partial charge in [0.25, 0.3) is 5.91 Å². The first kappa shape index (κ1) is 22.6. The van der Waals surface area contributed by atoms with E-state index in [2.05, 4.69) is 10.00 Å². The second-order valence-corrected chi connectivity index (χ2v) is 9.17. The maximum atomic E-state index is 13.6. The number of carbonyl (C=O) groups excluding carboxylic acids is 1. The van der Waals surface area contributed by atoms with E-state index in [4.69, 9.17) is 10.7 Å². The normalized spacial score (nSPS) is 21.4. The lowest BCUT2D eigenvalue weighted by Gasteiger charge is -2.35. The molecule has 2 saturated heterocycles. The van der Waals surface area contributed by atoms with E-state index >= 15 is 0 Å². The first-order valence-corrected chi connectivity index (χ1v) is 11.6. The van der Waals surface area contributed by atoms with Gasteiger partial charge in [-0.25, -0.2) is 9.50 Å². The number of piperidine rings is 1. The molecule has 180 valence electrons. The number of amides is 1. The van der Waals surface area contributed by atoms with Gasteiger partial charge in [0, 0.05) is 43.5 Å². The van der Waals surface area contributed by atoms with Crippen molar-refractivity contribution in [1.82, 2.24) is 19.5 Å². The fraction of sp³-hybridized carbons (Fsp3) is 0.458. The molecule has 1 aromatic carbocycles. The van der Waals surface area contributed by atoms with E-state index in [0.717, 1.165) is 49.8 Å². The van der Waals surface area contributed by atoms with Crippen molar-refractivity contribution in [3.05, 3.63) is 58.9 Å². The lowest BCUT2D eigenvalue weighted by atomic mass is 9.97. The largest absolute Gasteiger partial charge is 0.417 e. The summed E-state index contributed by atoms with van der Waals surface area (Å²) in [5.41, 5.74) is 7.07. The van der Waals surface area contributed by atoms with Crippen molar-refractivity contribution in [2.24, 2.45) is 5.73 Å². The molecule has 2 unspecified atom stereocenters. The number of nitrogens with zero attached hydrogens (tertiary/aromatic N) is 5. The number of anilines is 1. The van der Waals surface area contributed by atoms with Crippen molar-refractivity contribution in [3.8, 4) is 0 Å². The minimum atomic E-state index is -4.60. The first-order chi connectivity index (χ1) is 16.2. The number of aryl methyl sites for hydroxylation is 1. The van der Waals surface area contributed by atoms with Crippen LogP contribution in [0.25, 0.3) is 5.65 Å². The number of alkyl halides is 3. The van der Waals surface area contributed by atoms with Crippen LogP contribution in [0, 0.1) is 6.92 Å². The Morgan fingerprint density at radius 3 is 2.68 bits per heavy atom. The zero-order chi connectivity index (χ0) is 24.0. The molecule has 2 aliphatic heterocycles. The van der Waals surface area contributed by atoms with Gasteiger partial charge in [0.15, 0.2) is 5.65 Å². The summed E-state index contributed by atoms with van der Waals surface area (Å²) in [5.74, 6) is 0.244. The van der Waals surface area contributed by atoms with Crippen LogP contribution in [0.5, 0.6) is 0 Å². The van der Waals surface area contributed by atoms with Crippen molar-refractivity contribution in [3.63, 3.8) is 0 Å². The van der Waals surface area contributed by atoms with Gasteiger partial charge in [-0.15, -0.1) is 0 Å². The summed E-state index contributed by atoms with van der Waals surface area (Å²) in [6.07, 6.45) is 0.453. The Morgan fingerprint density at radius 2 is 1.94 bits per heavy atom. The van der Waals surface area contributed by atoms with Gasteiger partial charge in [-0.2, -0.15) is 18.3 Å². The van der Waals surface area contributed by atoms with Crippen molar-refractivity contribution in [2.75, 3.05) is 24.5 Å². The number of likely N-dealkylation sites (tertiary alicyclic amines) is 1. The number of halogens is 3. The number of benzene rings is 1. The summed E-state index contributed by atoms with van der Waals surface area (Å²) in [4.78, 5) is 21.8. The minimum absolute atomic E-state index is 0.124. The molecule has 3 aromatic rings. The third-order valence-corrected chi connectivity index (χ3v) is 6.72. The molecule has 5 rings (SSSR count). The predicted molar refractivity (Wildman–Crippen MR) is 122 cm³/mol. The Labute approximate surface area is 195 Å². The van der Waals surface area contributed by atoms with Crippen molar-refractivity contribution in [1.29, 1.82) is 0 Å². The fourth-order valence-electron chi connectivity index (χ4n) is 5.04. The quantitative estimate of drug-likeness (QED) is 0.624. The van der Waals surface area contributed by atoms with Gasteiger partial charge < -0.3 is 15.5 Å². The van der Waals surface area contributed by atoms with E-state index in [1.165, 1.54) is 23.1 Å². The summed E-state index contributed by atoms with van der Waals surface area (Å²) in [5, 5.41) is 4.67. The second kappa shape index (κ2) is 8.57. The molecule has 0 bridgehead atoms. The summed E-state index contributed by atoms with van der Waals surface area (Å²) in [6.45, 7) is 3.94. The number of nitrogens with two attached hydrogens (primary N) is 1. The SMILES string of the molecule is Cc1cn2nc(C3CCCCN3C(=O)c3ccccc3C(F)(F)F)cc2nc1N1CCC(N)C1. The summed E-state index contributed by atoms with van der Waals surface area (Å²) in [6, 6.07) is 6.52. The molecule has 2 aliphatic rings. The van der Waals surface area contributed by atoms with Crippen LogP contribution in [-0.4, -0.2) is 51.1 Å². The minimum Gasteiger partial charge on any atom is -0.355 e. The number of aromatic nitrogens is 3. The number of carbonyl (C=O) groups is 1. The van der Waals surface area contributed by atoms with Crippen LogP contribution in [0.1, 0.15) is 58.9 Å². The number of hydrogen-bond donors (Lipinski definition) is 1. The zero-order valence-corrected chi connectivity index (χ0v) is 18.9. The molecule has 2 fully saturated rings. The molecule has 2 aromatic heterocycles. The highest BCUT2D eigenvalue weighted by Crippen LogP contribution is 2.36. The van der Waals surface area contributed by atoms with Crippen LogP contribution in [0.2, 0.25) is 0 Å². The molecule has 0 radical (unpaired) electrons. The van der Waals surface area contributed by atoms with E-state index in [1.54, 1.807) is 4.52 Å². The molecular formula is C24H27F3N6O. The highest BCUT2D eigenvalue weighted by molar-refractivity contribution is 5.96. The Balaban J connectivity index is 1.49. The van der Waals surface area contributed by atoms with Crippen molar-refractivity contribution in [2.45, 2.75) is 50.9 Å². The predicted octanol–water partition coefficient (Wildman–Crippen LogP) is 3.96. The maximum Gasteiger partial charge on any atom is 0.417 e. The van der Waals surface area contributed by atoms with E-state index in [0.29, 0.717) is 24.3 Å². The maximum absolute atomic E-state index is 13.6. The van der Waals surface area contributed by atoms with E-state index < -0.39 is 23.7 Å². The van der Waals surface area contributed by atoms with Crippen LogP contribution in [-0.2, 0) is 6.18 Å². The van der Waals surface area contributed by atoms with Gasteiger partial charge >= 0.3 is 6.18 Å². The van der Waals surface area contributed by atoms with Crippen molar-refractivity contribution < 1.29 is 18.0 Å². The third kappa shape index (κ3) is 4.11. The Bertz CT molecular complexity index is 1220. The van der Waals surface area contributed by atoms with Gasteiger partial charge in [0.05, 0.1) is 22.9 Å². The van der Waals surface area contributed by atoms with Gasteiger partial charge in [0.2, 0.25) is 0 Å². The lowest BCUT2D eigenvalue weighted by Crippen LogP contribution is -2.39. The molecule has 0 aliphatic carbocycles. The average Bonchev–Trinajstić information content (AvgIpc) is 3.43. The zero-order valence-electron chi connectivity index (χ0n) is 18.9. The van der Waals surface area contributed by atoms with Crippen molar-refractivity contribution >= 4 is 17.4 Å². The van der Waals surface area contributed by atoms with Crippen LogP contribution in [0.15, 0.2) is 36.5 Å². The summed E-state index contributed by atoms with van der Waals surface area (Å²) < 4.78 is 42.4. The number of hydrogen-bond acceptors (Lipinski definition) is 5. The molecule has 10 heteroatoms. The van der Waals surface area contributed by atoms with Gasteiger partial charge in [-0.3, -0.25) is 4.79 Å². The molecular weight excluding hydrogens is 445 g/mol. The number of rotatable bonds is 3. The average molecular weight is 473 g/mol. The molecule has 34 heavy (non-hydrogen) atoms. The van der Waals surface area contributed by atoms with Crippen LogP contribution < -0.4 is 10.6 Å². The molecule has 7 nitrogen and oxygen atoms in total. The monoisotopic (exact) mass is 472 g/mol. The molecule has 0 saturated carbocycles. The topological polar surface area (TPSA) is 79.8 Å². The van der Waals surface area contributed by atoms with Gasteiger partial charge in [0.1, 0.15) is 5.82 Å². The number of fused-ring (bicyclic) bond motifs is 1. The lowest BCUT2D eigenvalue weighted by molar-refractivity contribution is -0.138. The Morgan fingerprint density at radius 1 is 1.15 bits per heavy atom. The van der Waals surface area contributed by atoms with Crippen LogP contribution in [0.4, 0.5) is 19.0 Å². The van der Waals surface area contributed by atoms with E-state index in [1.807, 2.05) is 19.2 Å².